The highest BCUT2D eigenvalue weighted by Gasteiger charge is 1.96. The van der Waals surface area contributed by atoms with Gasteiger partial charge in [-0.3, -0.25) is 4.79 Å². The van der Waals surface area contributed by atoms with E-state index in [2.05, 4.69) is 12.2 Å². The Morgan fingerprint density at radius 1 is 1.55 bits per heavy atom. The molecule has 0 aromatic heterocycles. The van der Waals surface area contributed by atoms with Gasteiger partial charge in [0.1, 0.15) is 0 Å². The summed E-state index contributed by atoms with van der Waals surface area (Å²) in [6.07, 6.45) is 0. The summed E-state index contributed by atoms with van der Waals surface area (Å²) in [5, 5.41) is 2.93. The highest BCUT2D eigenvalue weighted by Crippen LogP contribution is 1.81. The van der Waals surface area contributed by atoms with E-state index in [0.717, 1.165) is 6.54 Å². The van der Waals surface area contributed by atoms with Gasteiger partial charge >= 0.3 is 0 Å². The molecule has 0 atom stereocenters. The third kappa shape index (κ3) is 26.1. The van der Waals surface area contributed by atoms with E-state index in [0.29, 0.717) is 0 Å². The van der Waals surface area contributed by atoms with Crippen molar-refractivity contribution >= 4 is 15.0 Å². The van der Waals surface area contributed by atoms with Crippen molar-refractivity contribution in [3.8, 4) is 0 Å². The van der Waals surface area contributed by atoms with E-state index < -0.39 is 9.04 Å². The maximum Gasteiger partial charge on any atom is 0.289 e. The summed E-state index contributed by atoms with van der Waals surface area (Å²) in [6.45, 7) is 8.50. The van der Waals surface area contributed by atoms with Crippen LogP contribution in [0, 0.1) is 0 Å². The molecule has 4 heteroatoms. The fraction of sp³-hybridized carbons (Fsp3) is 0.857. The predicted molar refractivity (Wildman–Crippen MR) is 50.2 cm³/mol. The van der Waals surface area contributed by atoms with Crippen LogP contribution in [0.3, 0.4) is 0 Å². The van der Waals surface area contributed by atoms with Crippen molar-refractivity contribution < 1.29 is 9.22 Å². The Morgan fingerprint density at radius 2 is 1.91 bits per heavy atom. The Hall–Kier alpha value is -0.353. The summed E-state index contributed by atoms with van der Waals surface area (Å²) < 4.78 is 4.75. The van der Waals surface area contributed by atoms with E-state index in [1.54, 1.807) is 0 Å². The molecule has 1 N–H and O–H groups in total. The quantitative estimate of drug-likeness (QED) is 0.633. The third-order valence-electron chi connectivity index (χ3n) is 0.755. The zero-order valence-corrected chi connectivity index (χ0v) is 9.26. The minimum Gasteiger partial charge on any atom is -0.523 e. The van der Waals surface area contributed by atoms with Gasteiger partial charge in [0.15, 0.2) is 0 Å². The first-order chi connectivity index (χ1) is 5.04. The van der Waals surface area contributed by atoms with Crippen LogP contribution in [0.25, 0.3) is 0 Å². The second-order valence-electron chi connectivity index (χ2n) is 2.37. The number of rotatable bonds is 2. The van der Waals surface area contributed by atoms with Gasteiger partial charge in [0.05, 0.1) is 0 Å². The van der Waals surface area contributed by atoms with Crippen molar-refractivity contribution in [1.82, 2.24) is 5.32 Å². The lowest BCUT2D eigenvalue weighted by molar-refractivity contribution is -0.132. The third-order valence-corrected chi connectivity index (χ3v) is 1.56. The summed E-state index contributed by atoms with van der Waals surface area (Å²) in [4.78, 5) is 10.1. The lowest BCUT2D eigenvalue weighted by Gasteiger charge is -2.00. The molecule has 0 aromatic carbocycles. The first kappa shape index (κ1) is 13.3. The summed E-state index contributed by atoms with van der Waals surface area (Å²) in [6, 6.07) is 0. The van der Waals surface area contributed by atoms with Crippen molar-refractivity contribution in [2.45, 2.75) is 26.9 Å². The Kier molecular flexibility index (Phi) is 11.6. The number of hydrogen-bond donors (Lipinski definition) is 1. The summed E-state index contributed by atoms with van der Waals surface area (Å²) in [5.74, 6) is -0.151. The van der Waals surface area contributed by atoms with E-state index in [9.17, 15) is 4.79 Å². The van der Waals surface area contributed by atoms with Crippen molar-refractivity contribution in [1.29, 1.82) is 0 Å². The van der Waals surface area contributed by atoms with Crippen LogP contribution in [0.1, 0.15) is 13.8 Å². The highest BCUT2D eigenvalue weighted by molar-refractivity contribution is 6.50. The predicted octanol–water partition coefficient (Wildman–Crippen LogP) is 0.759. The molecule has 68 valence electrons. The van der Waals surface area contributed by atoms with Gasteiger partial charge in [-0.25, -0.2) is 0 Å². The molecule has 3 nitrogen and oxygen atoms in total. The monoisotopic (exact) mass is 177 g/mol. The Balaban J connectivity index is 0. The van der Waals surface area contributed by atoms with Crippen LogP contribution < -0.4 is 5.32 Å². The molecule has 0 radical (unpaired) electrons. The molecule has 0 saturated heterocycles. The van der Waals surface area contributed by atoms with E-state index in [1.807, 2.05) is 20.1 Å². The number of carbonyl (C=O) groups is 1. The Morgan fingerprint density at radius 3 is 1.91 bits per heavy atom. The molecule has 0 amide bonds. The zero-order valence-electron chi connectivity index (χ0n) is 8.10. The van der Waals surface area contributed by atoms with Crippen molar-refractivity contribution in [3.05, 3.63) is 0 Å². The largest absolute Gasteiger partial charge is 0.523 e. The fourth-order valence-corrected chi connectivity index (χ4v) is 0.996. The molecule has 0 spiro atoms. The summed E-state index contributed by atoms with van der Waals surface area (Å²) in [5.41, 5.74) is 0. The van der Waals surface area contributed by atoms with Crippen LogP contribution in [0.2, 0.25) is 13.1 Å². The SMILES string of the molecule is CC(=O)O[SiH](C)C.CCNC. The zero-order chi connectivity index (χ0) is 9.28. The molecule has 0 aliphatic rings. The van der Waals surface area contributed by atoms with Gasteiger partial charge in [0.25, 0.3) is 5.97 Å². The van der Waals surface area contributed by atoms with Crippen LogP contribution in [0.5, 0.6) is 0 Å². The van der Waals surface area contributed by atoms with E-state index in [-0.39, 0.29) is 5.97 Å². The van der Waals surface area contributed by atoms with E-state index in [4.69, 9.17) is 4.43 Å². The summed E-state index contributed by atoms with van der Waals surface area (Å²) in [7, 11) is 0.853. The van der Waals surface area contributed by atoms with Crippen LogP contribution in [-0.4, -0.2) is 28.6 Å². The first-order valence-corrected chi connectivity index (χ1v) is 6.64. The normalized spacial score (nSPS) is 8.55. The molecule has 11 heavy (non-hydrogen) atoms. The fourth-order valence-electron chi connectivity index (χ4n) is 0.332. The molecule has 0 unspecified atom stereocenters. The molecular formula is C7H19NO2Si. The molecule has 0 aliphatic heterocycles. The van der Waals surface area contributed by atoms with E-state index >= 15 is 0 Å². The van der Waals surface area contributed by atoms with Gasteiger partial charge in [-0.1, -0.05) is 6.92 Å². The second-order valence-corrected chi connectivity index (χ2v) is 4.70. The molecule has 0 aromatic rings. The van der Waals surface area contributed by atoms with Gasteiger partial charge < -0.3 is 9.74 Å². The molecule has 0 saturated carbocycles. The van der Waals surface area contributed by atoms with Crippen LogP contribution in [0.4, 0.5) is 0 Å². The van der Waals surface area contributed by atoms with E-state index in [1.165, 1.54) is 6.92 Å². The van der Waals surface area contributed by atoms with Gasteiger partial charge in [-0.05, 0) is 26.7 Å². The molecule has 0 fully saturated rings. The maximum atomic E-state index is 10.1. The van der Waals surface area contributed by atoms with Gasteiger partial charge in [0, 0.05) is 6.92 Å². The minimum absolute atomic E-state index is 0.151. The van der Waals surface area contributed by atoms with Crippen molar-refractivity contribution in [2.75, 3.05) is 13.6 Å². The van der Waals surface area contributed by atoms with Crippen LogP contribution in [0.15, 0.2) is 0 Å². The Labute approximate surface area is 70.9 Å². The first-order valence-electron chi connectivity index (χ1n) is 3.86. The van der Waals surface area contributed by atoms with Gasteiger partial charge in [-0.2, -0.15) is 0 Å². The lowest BCUT2D eigenvalue weighted by atomic mass is 10.8. The van der Waals surface area contributed by atoms with Crippen LogP contribution >= 0.6 is 0 Å². The number of hydrogen-bond acceptors (Lipinski definition) is 3. The number of nitrogens with one attached hydrogen (secondary N) is 1. The smallest absolute Gasteiger partial charge is 0.289 e. The second kappa shape index (κ2) is 9.65. The Bertz CT molecular complexity index is 94.4. The van der Waals surface area contributed by atoms with Crippen molar-refractivity contribution in [3.63, 3.8) is 0 Å². The minimum atomic E-state index is -1.08. The molecule has 0 aliphatic carbocycles. The van der Waals surface area contributed by atoms with Gasteiger partial charge in [-0.15, -0.1) is 0 Å². The average molecular weight is 177 g/mol. The molecule has 0 bridgehead atoms. The molecule has 0 heterocycles. The lowest BCUT2D eigenvalue weighted by Crippen LogP contribution is -2.11. The molecular weight excluding hydrogens is 158 g/mol. The van der Waals surface area contributed by atoms with Crippen LogP contribution in [-0.2, 0) is 9.22 Å². The number of carbonyl (C=O) groups excluding carboxylic acids is 1. The van der Waals surface area contributed by atoms with Crippen molar-refractivity contribution in [2.24, 2.45) is 0 Å². The average Bonchev–Trinajstić information content (AvgIpc) is 1.85. The maximum absolute atomic E-state index is 10.1. The standard InChI is InChI=1S/C4H10O2Si.C3H9N/c1-4(5)6-7(2)3;1-3-4-2/h7H,1-3H3;4H,3H2,1-2H3. The molecule has 0 rings (SSSR count). The van der Waals surface area contributed by atoms with Gasteiger partial charge in [0.2, 0.25) is 9.04 Å². The highest BCUT2D eigenvalue weighted by atomic mass is 28.3. The topological polar surface area (TPSA) is 38.3 Å². The summed E-state index contributed by atoms with van der Waals surface area (Å²) >= 11 is 0.